The molecule has 1 heterocycles. The number of hydrogen-bond donors (Lipinski definition) is 2. The lowest BCUT2D eigenvalue weighted by Gasteiger charge is -2.37. The van der Waals surface area contributed by atoms with E-state index in [2.05, 4.69) is 32.8 Å². The van der Waals surface area contributed by atoms with Crippen molar-refractivity contribution in [1.82, 2.24) is 10.2 Å². The molecule has 0 amide bonds. The van der Waals surface area contributed by atoms with Gasteiger partial charge in [-0.3, -0.25) is 4.99 Å². The highest BCUT2D eigenvalue weighted by molar-refractivity contribution is 5.80. The number of benzene rings is 2. The van der Waals surface area contributed by atoms with E-state index in [-0.39, 0.29) is 0 Å². The third-order valence-electron chi connectivity index (χ3n) is 5.44. The Kier molecular flexibility index (Phi) is 7.65. The Bertz CT molecular complexity index is 921. The average Bonchev–Trinajstić information content (AvgIpc) is 2.80. The summed E-state index contributed by atoms with van der Waals surface area (Å²) in [6, 6.07) is 11.6. The zero-order chi connectivity index (χ0) is 22.2. The first-order valence-electron chi connectivity index (χ1n) is 10.4. The van der Waals surface area contributed by atoms with E-state index in [4.69, 9.17) is 9.47 Å². The number of ether oxygens (including phenoxy) is 2. The van der Waals surface area contributed by atoms with Crippen LogP contribution < -0.4 is 19.7 Å². The van der Waals surface area contributed by atoms with E-state index in [1.54, 1.807) is 27.3 Å². The van der Waals surface area contributed by atoms with Crippen molar-refractivity contribution >= 4 is 11.6 Å². The minimum absolute atomic E-state index is 0.322. The normalized spacial score (nSPS) is 14.4. The summed E-state index contributed by atoms with van der Waals surface area (Å²) in [5.74, 6) is 2.64. The Morgan fingerprint density at radius 1 is 1.16 bits per heavy atom. The molecule has 0 bridgehead atoms. The Labute approximate surface area is 184 Å². The van der Waals surface area contributed by atoms with E-state index in [1.807, 2.05) is 30.3 Å². The molecule has 7 nitrogen and oxygen atoms in total. The number of piperazine rings is 1. The molecule has 1 aliphatic rings. The van der Waals surface area contributed by atoms with Gasteiger partial charge in [-0.05, 0) is 36.2 Å². The van der Waals surface area contributed by atoms with E-state index in [0.29, 0.717) is 24.5 Å². The monoisotopic (exact) mass is 424 g/mol. The molecule has 31 heavy (non-hydrogen) atoms. The molecular formula is C24H32N4O3. The van der Waals surface area contributed by atoms with Gasteiger partial charge in [0.05, 0.1) is 19.9 Å². The van der Waals surface area contributed by atoms with Crippen LogP contribution in [0, 0.1) is 0 Å². The maximum atomic E-state index is 10.1. The van der Waals surface area contributed by atoms with Crippen LogP contribution in [-0.2, 0) is 13.0 Å². The molecule has 0 spiro atoms. The van der Waals surface area contributed by atoms with Gasteiger partial charge in [-0.25, -0.2) is 0 Å². The first-order chi connectivity index (χ1) is 15.1. The Morgan fingerprint density at radius 3 is 2.52 bits per heavy atom. The first-order valence-corrected chi connectivity index (χ1v) is 10.4. The molecule has 2 aromatic carbocycles. The standard InChI is InChI=1S/C24H32N4O3/c1-5-8-19-15-18(16-22(30-3)23(19)31-4)17-26-24(25-2)28-13-11-27(12-14-28)20-9-6-7-10-21(20)29/h5-7,9-10,15-16,29H,1,8,11-14,17H2,2-4H3,(H,25,26). The minimum Gasteiger partial charge on any atom is -0.506 e. The van der Waals surface area contributed by atoms with Crippen molar-refractivity contribution in [3.05, 3.63) is 60.2 Å². The largest absolute Gasteiger partial charge is 0.506 e. The van der Waals surface area contributed by atoms with Crippen molar-refractivity contribution in [2.24, 2.45) is 4.99 Å². The van der Waals surface area contributed by atoms with Crippen molar-refractivity contribution in [2.45, 2.75) is 13.0 Å². The van der Waals surface area contributed by atoms with E-state index in [1.165, 1.54) is 0 Å². The second-order valence-electron chi connectivity index (χ2n) is 7.35. The topological polar surface area (TPSA) is 69.6 Å². The molecule has 0 atom stereocenters. The fourth-order valence-electron chi connectivity index (χ4n) is 3.92. The summed E-state index contributed by atoms with van der Waals surface area (Å²) in [5.41, 5.74) is 3.01. The quantitative estimate of drug-likeness (QED) is 0.405. The van der Waals surface area contributed by atoms with E-state index in [9.17, 15) is 5.11 Å². The maximum Gasteiger partial charge on any atom is 0.194 e. The molecule has 0 aromatic heterocycles. The molecule has 0 saturated carbocycles. The predicted octanol–water partition coefficient (Wildman–Crippen LogP) is 3.04. The molecular weight excluding hydrogens is 392 g/mol. The Hall–Kier alpha value is -3.35. The van der Waals surface area contributed by atoms with Crippen molar-refractivity contribution < 1.29 is 14.6 Å². The van der Waals surface area contributed by atoms with Crippen LogP contribution in [0.4, 0.5) is 5.69 Å². The fraction of sp³-hybridized carbons (Fsp3) is 0.375. The molecule has 7 heteroatoms. The summed E-state index contributed by atoms with van der Waals surface area (Å²) in [7, 11) is 5.10. The summed E-state index contributed by atoms with van der Waals surface area (Å²) in [5, 5.41) is 13.6. The molecule has 1 saturated heterocycles. The smallest absolute Gasteiger partial charge is 0.194 e. The van der Waals surface area contributed by atoms with Crippen LogP contribution in [0.1, 0.15) is 11.1 Å². The lowest BCUT2D eigenvalue weighted by Crippen LogP contribution is -2.52. The number of nitrogens with zero attached hydrogens (tertiary/aromatic N) is 3. The Balaban J connectivity index is 1.64. The van der Waals surface area contributed by atoms with Crippen LogP contribution in [0.3, 0.4) is 0 Å². The van der Waals surface area contributed by atoms with Gasteiger partial charge in [0.25, 0.3) is 0 Å². The second kappa shape index (κ2) is 10.6. The molecule has 0 aliphatic carbocycles. The van der Waals surface area contributed by atoms with Crippen molar-refractivity contribution in [2.75, 3.05) is 52.3 Å². The van der Waals surface area contributed by atoms with Crippen LogP contribution in [-0.4, -0.2) is 63.4 Å². The number of para-hydroxylation sites is 2. The molecule has 2 N–H and O–H groups in total. The van der Waals surface area contributed by atoms with Gasteiger partial charge in [-0.2, -0.15) is 0 Å². The highest BCUT2D eigenvalue weighted by Crippen LogP contribution is 2.33. The van der Waals surface area contributed by atoms with Crippen LogP contribution in [0.25, 0.3) is 0 Å². The van der Waals surface area contributed by atoms with Crippen molar-refractivity contribution in [3.8, 4) is 17.2 Å². The van der Waals surface area contributed by atoms with Crippen molar-refractivity contribution in [1.29, 1.82) is 0 Å². The van der Waals surface area contributed by atoms with Crippen LogP contribution >= 0.6 is 0 Å². The SMILES string of the molecule is C=CCc1cc(CNC(=NC)N2CCN(c3ccccc3O)CC2)cc(OC)c1OC. The van der Waals surface area contributed by atoms with Gasteiger partial charge in [0.15, 0.2) is 17.5 Å². The lowest BCUT2D eigenvalue weighted by atomic mass is 10.1. The summed E-state index contributed by atoms with van der Waals surface area (Å²) in [4.78, 5) is 8.91. The number of methoxy groups -OCH3 is 2. The first kappa shape index (κ1) is 22.3. The maximum absolute atomic E-state index is 10.1. The number of phenols is 1. The number of rotatable bonds is 7. The van der Waals surface area contributed by atoms with Crippen molar-refractivity contribution in [3.63, 3.8) is 0 Å². The number of nitrogens with one attached hydrogen (secondary N) is 1. The number of aliphatic imine (C=N–C) groups is 1. The number of anilines is 1. The number of guanidine groups is 1. The lowest BCUT2D eigenvalue weighted by molar-refractivity contribution is 0.351. The minimum atomic E-state index is 0.322. The molecule has 0 unspecified atom stereocenters. The van der Waals surface area contributed by atoms with Crippen LogP contribution in [0.2, 0.25) is 0 Å². The zero-order valence-corrected chi connectivity index (χ0v) is 18.6. The van der Waals surface area contributed by atoms with Gasteiger partial charge in [-0.15, -0.1) is 6.58 Å². The molecule has 3 rings (SSSR count). The number of aromatic hydroxyl groups is 1. The number of hydrogen-bond acceptors (Lipinski definition) is 5. The van der Waals surface area contributed by atoms with E-state index in [0.717, 1.165) is 54.7 Å². The Morgan fingerprint density at radius 2 is 1.90 bits per heavy atom. The van der Waals surface area contributed by atoms with E-state index >= 15 is 0 Å². The molecule has 1 fully saturated rings. The molecule has 166 valence electrons. The zero-order valence-electron chi connectivity index (χ0n) is 18.6. The third-order valence-corrected chi connectivity index (χ3v) is 5.44. The summed E-state index contributed by atoms with van der Waals surface area (Å²) in [6.45, 7) is 7.74. The van der Waals surface area contributed by atoms with Crippen LogP contribution in [0.5, 0.6) is 17.2 Å². The summed E-state index contributed by atoms with van der Waals surface area (Å²) in [6.07, 6.45) is 2.56. The van der Waals surface area contributed by atoms with Crippen LogP contribution in [0.15, 0.2) is 54.0 Å². The van der Waals surface area contributed by atoms with E-state index < -0.39 is 0 Å². The van der Waals surface area contributed by atoms with Gasteiger partial charge in [0, 0.05) is 45.3 Å². The van der Waals surface area contributed by atoms with Gasteiger partial charge >= 0.3 is 0 Å². The fourth-order valence-corrected chi connectivity index (χ4v) is 3.92. The molecule has 1 aliphatic heterocycles. The highest BCUT2D eigenvalue weighted by Gasteiger charge is 2.21. The highest BCUT2D eigenvalue weighted by atomic mass is 16.5. The average molecular weight is 425 g/mol. The number of phenolic OH excluding ortho intramolecular Hbond substituents is 1. The molecule has 2 aromatic rings. The summed E-state index contributed by atoms with van der Waals surface area (Å²) < 4.78 is 11.0. The number of allylic oxidation sites excluding steroid dienone is 1. The summed E-state index contributed by atoms with van der Waals surface area (Å²) >= 11 is 0. The molecule has 0 radical (unpaired) electrons. The predicted molar refractivity (Wildman–Crippen MR) is 126 cm³/mol. The van der Waals surface area contributed by atoms with Gasteiger partial charge < -0.3 is 29.7 Å². The third kappa shape index (κ3) is 5.23. The van der Waals surface area contributed by atoms with Gasteiger partial charge in [0.2, 0.25) is 0 Å². The van der Waals surface area contributed by atoms with Gasteiger partial charge in [0.1, 0.15) is 5.75 Å². The second-order valence-corrected chi connectivity index (χ2v) is 7.35. The van der Waals surface area contributed by atoms with Gasteiger partial charge in [-0.1, -0.05) is 18.2 Å².